The monoisotopic (exact) mass is 459 g/mol. The summed E-state index contributed by atoms with van der Waals surface area (Å²) < 4.78 is 26.5. The van der Waals surface area contributed by atoms with E-state index in [4.69, 9.17) is 21.1 Å². The second-order valence-electron chi connectivity index (χ2n) is 7.51. The summed E-state index contributed by atoms with van der Waals surface area (Å²) in [7, 11) is 0. The maximum Gasteiger partial charge on any atom is 0.141 e. The van der Waals surface area contributed by atoms with Crippen molar-refractivity contribution in [2.75, 3.05) is 39.5 Å². The minimum atomic E-state index is -0.503. The zero-order chi connectivity index (χ0) is 22.5. The second-order valence-corrected chi connectivity index (χ2v) is 7.92. The van der Waals surface area contributed by atoms with Crippen LogP contribution >= 0.6 is 11.6 Å². The molecule has 2 aliphatic rings. The molecule has 1 saturated heterocycles. The third-order valence-corrected chi connectivity index (χ3v) is 5.71. The highest BCUT2D eigenvalue weighted by molar-refractivity contribution is 6.30. The fraction of sp³-hybridized carbons (Fsp3) is 0.348. The molecule has 0 bridgehead atoms. The molecular formula is C23H25ClFN4O3-. The Kier molecular flexibility index (Phi) is 7.26. The van der Waals surface area contributed by atoms with E-state index >= 15 is 0 Å². The van der Waals surface area contributed by atoms with Crippen LogP contribution in [0.15, 0.2) is 35.3 Å². The van der Waals surface area contributed by atoms with Crippen molar-refractivity contribution in [3.8, 4) is 5.75 Å². The largest absolute Gasteiger partial charge is 0.502 e. The van der Waals surface area contributed by atoms with Crippen molar-refractivity contribution < 1.29 is 23.5 Å². The number of aliphatic imine (C=N–C) groups is 1. The van der Waals surface area contributed by atoms with Crippen LogP contribution < -0.4 is 4.74 Å². The fourth-order valence-electron chi connectivity index (χ4n) is 3.66. The number of hydrogen-bond donors (Lipinski definition) is 1. The third-order valence-electron chi connectivity index (χ3n) is 5.42. The maximum absolute atomic E-state index is 13.6. The van der Waals surface area contributed by atoms with E-state index in [2.05, 4.69) is 21.9 Å². The van der Waals surface area contributed by atoms with Gasteiger partial charge in [-0.2, -0.15) is 6.34 Å². The minimum absolute atomic E-state index is 0.00127. The van der Waals surface area contributed by atoms with Gasteiger partial charge in [0.15, 0.2) is 0 Å². The maximum atomic E-state index is 13.6. The van der Waals surface area contributed by atoms with Gasteiger partial charge in [0, 0.05) is 31.9 Å². The summed E-state index contributed by atoms with van der Waals surface area (Å²) in [5.41, 5.74) is 2.56. The van der Waals surface area contributed by atoms with Crippen molar-refractivity contribution in [2.45, 2.75) is 13.0 Å². The van der Waals surface area contributed by atoms with Gasteiger partial charge in [0.05, 0.1) is 49.1 Å². The van der Waals surface area contributed by atoms with Gasteiger partial charge in [0.25, 0.3) is 0 Å². The molecule has 2 aliphatic heterocycles. The lowest BCUT2D eigenvalue weighted by molar-refractivity contribution is -0.408. The highest BCUT2D eigenvalue weighted by Gasteiger charge is 2.16. The number of hydrogen-bond acceptors (Lipinski definition) is 5. The molecule has 170 valence electrons. The Morgan fingerprint density at radius 1 is 1.31 bits per heavy atom. The molecule has 0 aromatic heterocycles. The SMILES string of the molecule is C=[N+](c1ccc(F)c(Cl)c1)[C-]1N=C[N-]c2cc(CO)c(OCCCN3CCOCC3)cc21. The quantitative estimate of drug-likeness (QED) is 0.280. The molecule has 7 nitrogen and oxygen atoms in total. The summed E-state index contributed by atoms with van der Waals surface area (Å²) in [6, 6.07) is 7.94. The minimum Gasteiger partial charge on any atom is -0.502 e. The number of ether oxygens (including phenoxy) is 2. The van der Waals surface area contributed by atoms with Crippen LogP contribution in [-0.2, 0) is 11.3 Å². The van der Waals surface area contributed by atoms with Crippen LogP contribution in [0.25, 0.3) is 5.32 Å². The van der Waals surface area contributed by atoms with Crippen LogP contribution in [0, 0.1) is 12.0 Å². The van der Waals surface area contributed by atoms with Crippen LogP contribution in [0.4, 0.5) is 15.8 Å². The van der Waals surface area contributed by atoms with E-state index in [1.165, 1.54) is 18.5 Å². The van der Waals surface area contributed by atoms with Gasteiger partial charge in [-0.15, -0.1) is 0 Å². The van der Waals surface area contributed by atoms with Crippen LogP contribution in [0.3, 0.4) is 0 Å². The van der Waals surface area contributed by atoms with Crippen LogP contribution in [0.5, 0.6) is 5.75 Å². The third kappa shape index (κ3) is 5.05. The molecule has 0 spiro atoms. The van der Waals surface area contributed by atoms with E-state index < -0.39 is 5.82 Å². The Morgan fingerprint density at radius 3 is 2.88 bits per heavy atom. The zero-order valence-electron chi connectivity index (χ0n) is 17.6. The molecule has 2 heterocycles. The predicted molar refractivity (Wildman–Crippen MR) is 122 cm³/mol. The van der Waals surface area contributed by atoms with Crippen molar-refractivity contribution in [1.29, 1.82) is 0 Å². The highest BCUT2D eigenvalue weighted by atomic mass is 35.5. The highest BCUT2D eigenvalue weighted by Crippen LogP contribution is 2.40. The first-order chi connectivity index (χ1) is 15.6. The molecule has 9 heteroatoms. The number of fused-ring (bicyclic) bond motifs is 1. The Balaban J connectivity index is 1.50. The molecule has 0 atom stereocenters. The number of halogens is 2. The van der Waals surface area contributed by atoms with Gasteiger partial charge >= 0.3 is 0 Å². The Morgan fingerprint density at radius 2 is 2.12 bits per heavy atom. The van der Waals surface area contributed by atoms with Crippen LogP contribution in [0.1, 0.15) is 17.5 Å². The van der Waals surface area contributed by atoms with Crippen molar-refractivity contribution in [3.63, 3.8) is 0 Å². The van der Waals surface area contributed by atoms with Crippen LogP contribution in [-0.4, -0.2) is 67.1 Å². The van der Waals surface area contributed by atoms with Crippen molar-refractivity contribution >= 4 is 36.0 Å². The molecule has 1 N–H and O–H groups in total. The number of morpholine rings is 1. The fourth-order valence-corrected chi connectivity index (χ4v) is 3.83. The van der Waals surface area contributed by atoms with E-state index in [1.807, 2.05) is 6.07 Å². The average Bonchev–Trinajstić information content (AvgIpc) is 2.83. The van der Waals surface area contributed by atoms with E-state index in [0.717, 1.165) is 39.3 Å². The van der Waals surface area contributed by atoms with Gasteiger partial charge < -0.3 is 29.5 Å². The Bertz CT molecular complexity index is 1010. The number of aliphatic hydroxyl groups excluding tert-OH is 1. The first-order valence-electron chi connectivity index (χ1n) is 10.4. The summed E-state index contributed by atoms with van der Waals surface area (Å²) in [6.45, 7) is 8.73. The molecule has 1 fully saturated rings. The van der Waals surface area contributed by atoms with Gasteiger partial charge in [-0.05, 0) is 24.6 Å². The molecule has 0 radical (unpaired) electrons. The second kappa shape index (κ2) is 10.3. The molecule has 2 aromatic rings. The van der Waals surface area contributed by atoms with Crippen molar-refractivity contribution in [3.05, 3.63) is 63.8 Å². The summed E-state index contributed by atoms with van der Waals surface area (Å²) in [5.74, 6) is 0.0697. The summed E-state index contributed by atoms with van der Waals surface area (Å²) >= 11 is 5.94. The summed E-state index contributed by atoms with van der Waals surface area (Å²) in [4.78, 5) is 6.72. The molecule has 2 aromatic carbocycles. The summed E-state index contributed by atoms with van der Waals surface area (Å²) in [6.07, 6.45) is 2.79. The normalized spacial score (nSPS) is 15.9. The molecule has 0 amide bonds. The standard InChI is InChI=1S/C23H25ClFN4O3/c1-28(17-3-4-20(25)19(24)12-17)23-18-13-22(16(14-30)11-21(18)26-15-27-23)32-8-2-5-29-6-9-31-10-7-29/h3-4,11-13,15,30H,1-2,5-10,14H2/q-1. The zero-order valence-corrected chi connectivity index (χ0v) is 18.4. The van der Waals surface area contributed by atoms with Gasteiger partial charge in [-0.25, -0.2) is 4.39 Å². The molecule has 0 aliphatic carbocycles. The van der Waals surface area contributed by atoms with Gasteiger partial charge in [0.1, 0.15) is 5.82 Å². The van der Waals surface area contributed by atoms with E-state index in [1.54, 1.807) is 16.7 Å². The molecular weight excluding hydrogens is 435 g/mol. The Hall–Kier alpha value is -2.65. The number of aliphatic hydroxyl groups is 1. The van der Waals surface area contributed by atoms with Gasteiger partial charge in [-0.3, -0.25) is 4.90 Å². The van der Waals surface area contributed by atoms with Gasteiger partial charge in [-0.1, -0.05) is 35.0 Å². The van der Waals surface area contributed by atoms with E-state index in [9.17, 15) is 9.50 Å². The van der Waals surface area contributed by atoms with Crippen LogP contribution in [0.2, 0.25) is 5.02 Å². The molecule has 4 rings (SSSR count). The van der Waals surface area contributed by atoms with Crippen molar-refractivity contribution in [2.24, 2.45) is 4.99 Å². The van der Waals surface area contributed by atoms with E-state index in [-0.39, 0.29) is 11.6 Å². The number of rotatable bonds is 8. The molecule has 0 unspecified atom stereocenters. The number of benzene rings is 2. The lowest BCUT2D eigenvalue weighted by Crippen LogP contribution is -2.37. The smallest absolute Gasteiger partial charge is 0.141 e. The molecule has 0 saturated carbocycles. The number of nitrogens with zero attached hydrogens (tertiary/aromatic N) is 4. The summed E-state index contributed by atoms with van der Waals surface area (Å²) in [5, 5.41) is 14.2. The first kappa shape index (κ1) is 22.5. The van der Waals surface area contributed by atoms with Gasteiger partial charge in [0.2, 0.25) is 0 Å². The van der Waals surface area contributed by atoms with Crippen molar-refractivity contribution in [1.82, 2.24) is 4.90 Å². The Labute approximate surface area is 191 Å². The lowest BCUT2D eigenvalue weighted by Gasteiger charge is -2.36. The molecule has 32 heavy (non-hydrogen) atoms. The average molecular weight is 460 g/mol. The first-order valence-corrected chi connectivity index (χ1v) is 10.8. The lowest BCUT2D eigenvalue weighted by atomic mass is 10.0. The predicted octanol–water partition coefficient (Wildman–Crippen LogP) is 4.00. The van der Waals surface area contributed by atoms with E-state index in [0.29, 0.717) is 41.0 Å². The topological polar surface area (TPSA) is 71.4 Å².